The van der Waals surface area contributed by atoms with E-state index in [0.717, 1.165) is 39.7 Å². The van der Waals surface area contributed by atoms with Gasteiger partial charge >= 0.3 is 0 Å². The lowest BCUT2D eigenvalue weighted by Gasteiger charge is -2.06. The second-order valence-electron chi connectivity index (χ2n) is 5.72. The van der Waals surface area contributed by atoms with Gasteiger partial charge in [0.25, 0.3) is 0 Å². The largest absolute Gasteiger partial charge is 0.460 e. The highest BCUT2D eigenvalue weighted by Gasteiger charge is 2.20. The van der Waals surface area contributed by atoms with Crippen molar-refractivity contribution in [3.8, 4) is 28.4 Å². The summed E-state index contributed by atoms with van der Waals surface area (Å²) in [5, 5.41) is 4.86. The predicted octanol–water partition coefficient (Wildman–Crippen LogP) is 4.81. The van der Waals surface area contributed by atoms with E-state index < -0.39 is 0 Å². The number of hydrogen-bond donors (Lipinski definition) is 0. The van der Waals surface area contributed by atoms with E-state index in [2.05, 4.69) is 11.9 Å². The molecule has 118 valence electrons. The monoisotopic (exact) mass is 315 g/mol. The molecular weight excluding hydrogens is 298 g/mol. The minimum absolute atomic E-state index is 0.821. The summed E-state index contributed by atoms with van der Waals surface area (Å²) in [6.45, 7) is 4.03. The van der Waals surface area contributed by atoms with Crippen LogP contribution in [0.5, 0.6) is 0 Å². The number of aromatic nitrogens is 3. The third kappa shape index (κ3) is 2.42. The maximum atomic E-state index is 5.89. The Labute approximate surface area is 140 Å². The van der Waals surface area contributed by atoms with Crippen LogP contribution in [0.4, 0.5) is 0 Å². The average Bonchev–Trinajstić information content (AvgIpc) is 3.19. The number of nitrogens with zero attached hydrogens (tertiary/aromatic N) is 3. The van der Waals surface area contributed by atoms with Gasteiger partial charge in [-0.3, -0.25) is 4.98 Å². The minimum atomic E-state index is 0.821. The summed E-state index contributed by atoms with van der Waals surface area (Å²) < 4.78 is 7.84. The van der Waals surface area contributed by atoms with Crippen molar-refractivity contribution in [1.82, 2.24) is 14.8 Å². The van der Waals surface area contributed by atoms with Gasteiger partial charge in [0, 0.05) is 23.5 Å². The SMILES string of the molecule is Cc1ccc(-c2c(C)c(-c3ccncc3)nn2-c2ccccc2)o1. The molecule has 0 bridgehead atoms. The first-order chi connectivity index (χ1) is 11.7. The van der Waals surface area contributed by atoms with Crippen molar-refractivity contribution in [2.45, 2.75) is 13.8 Å². The van der Waals surface area contributed by atoms with Gasteiger partial charge in [-0.2, -0.15) is 5.10 Å². The van der Waals surface area contributed by atoms with Gasteiger partial charge in [0.1, 0.15) is 11.5 Å². The van der Waals surface area contributed by atoms with Crippen LogP contribution in [0.2, 0.25) is 0 Å². The molecule has 0 atom stereocenters. The van der Waals surface area contributed by atoms with Gasteiger partial charge in [-0.15, -0.1) is 0 Å². The molecule has 4 rings (SSSR count). The number of benzene rings is 1. The number of rotatable bonds is 3. The number of pyridine rings is 1. The van der Waals surface area contributed by atoms with Gasteiger partial charge in [0.05, 0.1) is 11.4 Å². The highest BCUT2D eigenvalue weighted by Crippen LogP contribution is 2.34. The van der Waals surface area contributed by atoms with Crippen LogP contribution in [-0.2, 0) is 0 Å². The summed E-state index contributed by atoms with van der Waals surface area (Å²) in [7, 11) is 0. The molecule has 4 nitrogen and oxygen atoms in total. The molecule has 0 saturated heterocycles. The van der Waals surface area contributed by atoms with Crippen LogP contribution in [0.1, 0.15) is 11.3 Å². The van der Waals surface area contributed by atoms with E-state index >= 15 is 0 Å². The van der Waals surface area contributed by atoms with Crippen LogP contribution in [0, 0.1) is 13.8 Å². The second kappa shape index (κ2) is 5.81. The van der Waals surface area contributed by atoms with E-state index in [1.165, 1.54) is 0 Å². The van der Waals surface area contributed by atoms with Crippen LogP contribution in [0.25, 0.3) is 28.4 Å². The molecule has 24 heavy (non-hydrogen) atoms. The minimum Gasteiger partial charge on any atom is -0.460 e. The van der Waals surface area contributed by atoms with Crippen molar-refractivity contribution < 1.29 is 4.42 Å². The lowest BCUT2D eigenvalue weighted by atomic mass is 10.1. The fourth-order valence-electron chi connectivity index (χ4n) is 2.89. The fraction of sp³-hybridized carbons (Fsp3) is 0.100. The second-order valence-corrected chi connectivity index (χ2v) is 5.72. The predicted molar refractivity (Wildman–Crippen MR) is 94.0 cm³/mol. The quantitative estimate of drug-likeness (QED) is 0.545. The van der Waals surface area contributed by atoms with Gasteiger partial charge in [-0.05, 0) is 50.2 Å². The Morgan fingerprint density at radius 3 is 2.29 bits per heavy atom. The van der Waals surface area contributed by atoms with Gasteiger partial charge in [0.15, 0.2) is 5.76 Å². The van der Waals surface area contributed by atoms with E-state index in [9.17, 15) is 0 Å². The lowest BCUT2D eigenvalue weighted by molar-refractivity contribution is 0.543. The molecule has 0 aliphatic rings. The summed E-state index contributed by atoms with van der Waals surface area (Å²) in [5.41, 5.74) is 5.04. The smallest absolute Gasteiger partial charge is 0.153 e. The van der Waals surface area contributed by atoms with Crippen molar-refractivity contribution in [1.29, 1.82) is 0 Å². The molecule has 0 fully saturated rings. The number of furan rings is 1. The summed E-state index contributed by atoms with van der Waals surface area (Å²) >= 11 is 0. The summed E-state index contributed by atoms with van der Waals surface area (Å²) in [4.78, 5) is 4.10. The highest BCUT2D eigenvalue weighted by molar-refractivity contribution is 5.73. The number of aryl methyl sites for hydroxylation is 1. The molecule has 0 aliphatic carbocycles. The van der Waals surface area contributed by atoms with E-state index in [1.54, 1.807) is 12.4 Å². The maximum Gasteiger partial charge on any atom is 0.153 e. The first kappa shape index (κ1) is 14.5. The maximum absolute atomic E-state index is 5.89. The van der Waals surface area contributed by atoms with Gasteiger partial charge in [-0.25, -0.2) is 4.68 Å². The normalized spacial score (nSPS) is 10.9. The Balaban J connectivity index is 1.98. The molecule has 4 heteroatoms. The van der Waals surface area contributed by atoms with E-state index in [-0.39, 0.29) is 0 Å². The molecular formula is C20H17N3O. The molecule has 3 aromatic heterocycles. The standard InChI is InChI=1S/C20H17N3O/c1-14-8-9-18(24-14)20-15(2)19(16-10-12-21-13-11-16)22-23(20)17-6-4-3-5-7-17/h3-13H,1-2H3. The Kier molecular flexibility index (Phi) is 3.50. The third-order valence-corrected chi connectivity index (χ3v) is 4.05. The average molecular weight is 315 g/mol. The van der Waals surface area contributed by atoms with Crippen LogP contribution < -0.4 is 0 Å². The van der Waals surface area contributed by atoms with Crippen LogP contribution in [-0.4, -0.2) is 14.8 Å². The zero-order chi connectivity index (χ0) is 16.5. The number of para-hydroxylation sites is 1. The molecule has 0 N–H and O–H groups in total. The molecule has 0 aliphatic heterocycles. The molecule has 0 unspecified atom stereocenters. The Morgan fingerprint density at radius 1 is 0.875 bits per heavy atom. The van der Waals surface area contributed by atoms with Crippen molar-refractivity contribution in [3.63, 3.8) is 0 Å². The Morgan fingerprint density at radius 2 is 1.62 bits per heavy atom. The van der Waals surface area contributed by atoms with Gasteiger partial charge in [-0.1, -0.05) is 18.2 Å². The van der Waals surface area contributed by atoms with Crippen molar-refractivity contribution >= 4 is 0 Å². The first-order valence-corrected chi connectivity index (χ1v) is 7.86. The molecule has 1 aromatic carbocycles. The summed E-state index contributed by atoms with van der Waals surface area (Å²) in [6, 6.07) is 18.0. The molecule has 0 saturated carbocycles. The molecule has 3 heterocycles. The number of hydrogen-bond acceptors (Lipinski definition) is 3. The Hall–Kier alpha value is -3.14. The van der Waals surface area contributed by atoms with E-state index in [0.29, 0.717) is 0 Å². The van der Waals surface area contributed by atoms with Crippen molar-refractivity contribution in [2.24, 2.45) is 0 Å². The van der Waals surface area contributed by atoms with E-state index in [1.807, 2.05) is 66.2 Å². The Bertz CT molecular complexity index is 969. The van der Waals surface area contributed by atoms with Crippen LogP contribution in [0.3, 0.4) is 0 Å². The van der Waals surface area contributed by atoms with Crippen molar-refractivity contribution in [2.75, 3.05) is 0 Å². The summed E-state index contributed by atoms with van der Waals surface area (Å²) in [6.07, 6.45) is 3.57. The van der Waals surface area contributed by atoms with Crippen LogP contribution >= 0.6 is 0 Å². The lowest BCUT2D eigenvalue weighted by Crippen LogP contribution is -1.98. The zero-order valence-electron chi connectivity index (χ0n) is 13.6. The van der Waals surface area contributed by atoms with Gasteiger partial charge in [0.2, 0.25) is 0 Å². The van der Waals surface area contributed by atoms with E-state index in [4.69, 9.17) is 9.52 Å². The van der Waals surface area contributed by atoms with Crippen LogP contribution in [0.15, 0.2) is 71.4 Å². The molecule has 0 spiro atoms. The first-order valence-electron chi connectivity index (χ1n) is 7.86. The third-order valence-electron chi connectivity index (χ3n) is 4.05. The highest BCUT2D eigenvalue weighted by atomic mass is 16.3. The topological polar surface area (TPSA) is 43.9 Å². The summed E-state index contributed by atoms with van der Waals surface area (Å²) in [5.74, 6) is 1.71. The zero-order valence-corrected chi connectivity index (χ0v) is 13.6. The van der Waals surface area contributed by atoms with Crippen molar-refractivity contribution in [3.05, 3.63) is 78.3 Å². The molecule has 4 aromatic rings. The molecule has 0 radical (unpaired) electrons. The molecule has 0 amide bonds. The fourth-order valence-corrected chi connectivity index (χ4v) is 2.89. The van der Waals surface area contributed by atoms with Gasteiger partial charge < -0.3 is 4.42 Å².